The fourth-order valence-corrected chi connectivity index (χ4v) is 3.66. The van der Waals surface area contributed by atoms with E-state index in [2.05, 4.69) is 53.6 Å². The van der Waals surface area contributed by atoms with E-state index in [9.17, 15) is 4.79 Å². The van der Waals surface area contributed by atoms with E-state index in [1.165, 1.54) is 11.1 Å². The third kappa shape index (κ3) is 4.50. The zero-order valence-electron chi connectivity index (χ0n) is 14.8. The number of nitrogens with zero attached hydrogens (tertiary/aromatic N) is 1. The largest absolute Gasteiger partial charge is 0.354 e. The van der Waals surface area contributed by atoms with Gasteiger partial charge in [-0.15, -0.1) is 12.4 Å². The Balaban J connectivity index is 0.00000208. The van der Waals surface area contributed by atoms with Gasteiger partial charge in [-0.3, -0.25) is 9.69 Å². The molecule has 2 heterocycles. The average Bonchev–Trinajstić information content (AvgIpc) is 2.60. The van der Waals surface area contributed by atoms with E-state index in [0.29, 0.717) is 0 Å². The van der Waals surface area contributed by atoms with Crippen LogP contribution < -0.4 is 10.6 Å². The van der Waals surface area contributed by atoms with Gasteiger partial charge in [-0.25, -0.2) is 0 Å². The Bertz CT molecular complexity index is 555. The minimum Gasteiger partial charge on any atom is -0.354 e. The van der Waals surface area contributed by atoms with E-state index < -0.39 is 0 Å². The molecule has 1 amide bonds. The maximum Gasteiger partial charge on any atom is 0.223 e. The van der Waals surface area contributed by atoms with Crippen molar-refractivity contribution in [3.8, 4) is 0 Å². The smallest absolute Gasteiger partial charge is 0.223 e. The third-order valence-electron chi connectivity index (χ3n) is 5.39. The number of piperidine rings is 1. The van der Waals surface area contributed by atoms with Gasteiger partial charge in [0.25, 0.3) is 0 Å². The molecular weight excluding hydrogens is 322 g/mol. The Morgan fingerprint density at radius 3 is 2.62 bits per heavy atom. The summed E-state index contributed by atoms with van der Waals surface area (Å²) in [7, 11) is 0. The van der Waals surface area contributed by atoms with Gasteiger partial charge in [0.05, 0.1) is 0 Å². The van der Waals surface area contributed by atoms with E-state index in [-0.39, 0.29) is 29.8 Å². The zero-order chi connectivity index (χ0) is 16.3. The van der Waals surface area contributed by atoms with Gasteiger partial charge in [0, 0.05) is 31.1 Å². The van der Waals surface area contributed by atoms with Crippen LogP contribution in [-0.2, 0) is 17.8 Å². The summed E-state index contributed by atoms with van der Waals surface area (Å²) >= 11 is 0. The topological polar surface area (TPSA) is 44.4 Å². The van der Waals surface area contributed by atoms with Gasteiger partial charge >= 0.3 is 0 Å². The average molecular weight is 352 g/mol. The molecule has 0 aliphatic carbocycles. The monoisotopic (exact) mass is 351 g/mol. The first kappa shape index (κ1) is 19.2. The number of fused-ring (bicyclic) bond motifs is 1. The number of halogens is 1. The lowest BCUT2D eigenvalue weighted by Crippen LogP contribution is -2.54. The molecule has 4 nitrogen and oxygen atoms in total. The first-order valence-corrected chi connectivity index (χ1v) is 8.86. The van der Waals surface area contributed by atoms with Crippen molar-refractivity contribution in [1.82, 2.24) is 15.5 Å². The number of benzene rings is 1. The maximum absolute atomic E-state index is 12.4. The van der Waals surface area contributed by atoms with Crippen LogP contribution in [0.5, 0.6) is 0 Å². The predicted octanol–water partition coefficient (Wildman–Crippen LogP) is 2.36. The molecule has 1 aromatic rings. The van der Waals surface area contributed by atoms with Crippen molar-refractivity contribution >= 4 is 18.3 Å². The molecule has 2 aliphatic rings. The Morgan fingerprint density at radius 1 is 1.25 bits per heavy atom. The molecule has 5 heteroatoms. The van der Waals surface area contributed by atoms with Gasteiger partial charge in [-0.2, -0.15) is 0 Å². The summed E-state index contributed by atoms with van der Waals surface area (Å²) < 4.78 is 0. The van der Waals surface area contributed by atoms with Crippen molar-refractivity contribution in [2.45, 2.75) is 45.2 Å². The van der Waals surface area contributed by atoms with Crippen LogP contribution in [0.25, 0.3) is 0 Å². The van der Waals surface area contributed by atoms with Crippen LogP contribution in [0.15, 0.2) is 24.3 Å². The third-order valence-corrected chi connectivity index (χ3v) is 5.39. The summed E-state index contributed by atoms with van der Waals surface area (Å²) in [5.41, 5.74) is 2.88. The quantitative estimate of drug-likeness (QED) is 0.875. The maximum atomic E-state index is 12.4. The highest BCUT2D eigenvalue weighted by molar-refractivity contribution is 5.85. The van der Waals surface area contributed by atoms with Crippen molar-refractivity contribution in [3.05, 3.63) is 35.4 Å². The molecule has 2 aliphatic heterocycles. The van der Waals surface area contributed by atoms with E-state index in [1.54, 1.807) is 0 Å². The second-order valence-electron chi connectivity index (χ2n) is 7.49. The molecule has 1 fully saturated rings. The van der Waals surface area contributed by atoms with Crippen molar-refractivity contribution in [1.29, 1.82) is 0 Å². The lowest BCUT2D eigenvalue weighted by Gasteiger charge is -2.42. The summed E-state index contributed by atoms with van der Waals surface area (Å²) in [4.78, 5) is 14.9. The van der Waals surface area contributed by atoms with Gasteiger partial charge in [-0.1, -0.05) is 24.3 Å². The Morgan fingerprint density at radius 2 is 1.92 bits per heavy atom. The summed E-state index contributed by atoms with van der Waals surface area (Å²) in [6.45, 7) is 9.17. The molecule has 1 saturated heterocycles. The van der Waals surface area contributed by atoms with E-state index in [0.717, 1.165) is 52.0 Å². The van der Waals surface area contributed by atoms with Gasteiger partial charge in [-0.05, 0) is 57.3 Å². The molecule has 0 bridgehead atoms. The van der Waals surface area contributed by atoms with E-state index in [4.69, 9.17) is 0 Å². The molecule has 0 radical (unpaired) electrons. The summed E-state index contributed by atoms with van der Waals surface area (Å²) in [5, 5.41) is 6.52. The minimum atomic E-state index is -0.0177. The van der Waals surface area contributed by atoms with Gasteiger partial charge in [0.2, 0.25) is 5.91 Å². The van der Waals surface area contributed by atoms with Crippen LogP contribution in [0.1, 0.15) is 37.8 Å². The molecule has 0 spiro atoms. The number of nitrogens with one attached hydrogen (secondary N) is 2. The van der Waals surface area contributed by atoms with Crippen LogP contribution in [-0.4, -0.2) is 42.5 Å². The molecule has 0 aromatic heterocycles. The molecule has 0 atom stereocenters. The predicted molar refractivity (Wildman–Crippen MR) is 100 cm³/mol. The highest BCUT2D eigenvalue weighted by atomic mass is 35.5. The fourth-order valence-electron chi connectivity index (χ4n) is 3.66. The first-order valence-electron chi connectivity index (χ1n) is 8.86. The Hall–Kier alpha value is -1.10. The van der Waals surface area contributed by atoms with Crippen LogP contribution in [0.4, 0.5) is 0 Å². The Kier molecular flexibility index (Phi) is 6.67. The van der Waals surface area contributed by atoms with Crippen molar-refractivity contribution < 1.29 is 4.79 Å². The lowest BCUT2D eigenvalue weighted by molar-refractivity contribution is -0.126. The molecule has 3 rings (SSSR count). The zero-order valence-corrected chi connectivity index (χ0v) is 15.6. The lowest BCUT2D eigenvalue weighted by atomic mass is 9.93. The fraction of sp³-hybridized carbons (Fsp3) is 0.632. The Labute approximate surface area is 151 Å². The van der Waals surface area contributed by atoms with Gasteiger partial charge < -0.3 is 10.6 Å². The standard InChI is InChI=1S/C19H29N3O.ClH/c1-19(2,14-21-18(23)16-7-10-20-11-8-16)22-12-9-15-5-3-4-6-17(15)13-22;/h3-6,16,20H,7-14H2,1-2H3,(H,21,23);1H. The summed E-state index contributed by atoms with van der Waals surface area (Å²) in [6.07, 6.45) is 3.02. The second kappa shape index (κ2) is 8.32. The van der Waals surface area contributed by atoms with Crippen LogP contribution in [0, 0.1) is 5.92 Å². The molecule has 0 unspecified atom stereocenters. The molecular formula is C19H30ClN3O. The molecule has 24 heavy (non-hydrogen) atoms. The highest BCUT2D eigenvalue weighted by Crippen LogP contribution is 2.25. The molecule has 2 N–H and O–H groups in total. The number of hydrogen-bond acceptors (Lipinski definition) is 3. The second-order valence-corrected chi connectivity index (χ2v) is 7.49. The van der Waals surface area contributed by atoms with Crippen LogP contribution in [0.3, 0.4) is 0 Å². The van der Waals surface area contributed by atoms with Crippen molar-refractivity contribution in [2.24, 2.45) is 5.92 Å². The van der Waals surface area contributed by atoms with E-state index >= 15 is 0 Å². The number of amides is 1. The summed E-state index contributed by atoms with van der Waals surface area (Å²) in [5.74, 6) is 0.422. The summed E-state index contributed by atoms with van der Waals surface area (Å²) in [6, 6.07) is 8.71. The minimum absolute atomic E-state index is 0. The number of carbonyl (C=O) groups is 1. The number of carbonyl (C=O) groups excluding carboxylic acids is 1. The highest BCUT2D eigenvalue weighted by Gasteiger charge is 2.31. The van der Waals surface area contributed by atoms with Crippen molar-refractivity contribution in [3.63, 3.8) is 0 Å². The van der Waals surface area contributed by atoms with Crippen LogP contribution >= 0.6 is 12.4 Å². The normalized spacial score (nSPS) is 19.2. The van der Waals surface area contributed by atoms with Gasteiger partial charge in [0.1, 0.15) is 0 Å². The van der Waals surface area contributed by atoms with Gasteiger partial charge in [0.15, 0.2) is 0 Å². The molecule has 1 aromatic carbocycles. The number of rotatable bonds is 4. The van der Waals surface area contributed by atoms with E-state index in [1.807, 2.05) is 0 Å². The molecule has 0 saturated carbocycles. The van der Waals surface area contributed by atoms with Crippen LogP contribution in [0.2, 0.25) is 0 Å². The van der Waals surface area contributed by atoms with Crippen molar-refractivity contribution in [2.75, 3.05) is 26.2 Å². The SMILES string of the molecule is CC(C)(CNC(=O)C1CCNCC1)N1CCc2ccccc2C1.Cl. The first-order chi connectivity index (χ1) is 11.1. The molecule has 134 valence electrons. The number of hydrogen-bond donors (Lipinski definition) is 2.